The van der Waals surface area contributed by atoms with Crippen LogP contribution in [0.15, 0.2) is 52.9 Å². The molecule has 3 N–H and O–H groups in total. The summed E-state index contributed by atoms with van der Waals surface area (Å²) in [7, 11) is 0. The van der Waals surface area contributed by atoms with E-state index in [9.17, 15) is 14.8 Å². The number of nitrogens with two attached hydrogens (primary N) is 1. The number of ether oxygens (including phenoxy) is 1. The smallest absolute Gasteiger partial charge is 0.313 e. The number of carbonyl (C=O) groups is 2. The highest BCUT2D eigenvalue weighted by Crippen LogP contribution is 2.29. The van der Waals surface area contributed by atoms with Crippen molar-refractivity contribution in [2.75, 3.05) is 26.2 Å². The fourth-order valence-corrected chi connectivity index (χ4v) is 3.78. The minimum atomic E-state index is -0.599. The van der Waals surface area contributed by atoms with Crippen LogP contribution in [0.2, 0.25) is 0 Å². The molecule has 2 aromatic carbocycles. The molecule has 4 rings (SSSR count). The third-order valence-electron chi connectivity index (χ3n) is 5.42. The van der Waals surface area contributed by atoms with Crippen molar-refractivity contribution >= 4 is 22.8 Å². The van der Waals surface area contributed by atoms with Gasteiger partial charge in [-0.3, -0.25) is 19.7 Å². The maximum absolute atomic E-state index is 12.9. The number of rotatable bonds is 8. The van der Waals surface area contributed by atoms with Crippen LogP contribution in [0.1, 0.15) is 39.3 Å². The van der Waals surface area contributed by atoms with Crippen molar-refractivity contribution in [1.82, 2.24) is 9.96 Å². The molecule has 0 bridgehead atoms. The van der Waals surface area contributed by atoms with E-state index >= 15 is 0 Å². The van der Waals surface area contributed by atoms with Gasteiger partial charge in [0, 0.05) is 23.1 Å². The first kappa shape index (κ1) is 20.9. The molecule has 0 unspecified atom stereocenters. The molecule has 1 aliphatic heterocycles. The van der Waals surface area contributed by atoms with Gasteiger partial charge in [-0.25, -0.2) is 5.06 Å². The van der Waals surface area contributed by atoms with Crippen LogP contribution in [0.5, 0.6) is 5.75 Å². The Balaban J connectivity index is 1.43. The van der Waals surface area contributed by atoms with Crippen LogP contribution in [-0.4, -0.2) is 53.2 Å². The molecule has 0 spiro atoms. The quantitative estimate of drug-likeness (QED) is 0.426. The lowest BCUT2D eigenvalue weighted by Gasteiger charge is -2.17. The fraction of sp³-hybridized carbons (Fsp3) is 0.304. The van der Waals surface area contributed by atoms with E-state index in [4.69, 9.17) is 14.9 Å². The molecule has 0 radical (unpaired) electrons. The predicted molar refractivity (Wildman–Crippen MR) is 114 cm³/mol. The van der Waals surface area contributed by atoms with Crippen molar-refractivity contribution in [3.63, 3.8) is 0 Å². The maximum Gasteiger partial charge on any atom is 0.313 e. The maximum atomic E-state index is 12.9. The van der Waals surface area contributed by atoms with E-state index in [-0.39, 0.29) is 18.9 Å². The van der Waals surface area contributed by atoms with Gasteiger partial charge in [-0.1, -0.05) is 18.2 Å². The molecule has 8 heteroatoms. The lowest BCUT2D eigenvalue weighted by molar-refractivity contribution is -0.0655. The number of hydroxylamine groups is 2. The van der Waals surface area contributed by atoms with Crippen LogP contribution < -0.4 is 10.5 Å². The molecule has 1 fully saturated rings. The molecule has 3 aromatic rings. The van der Waals surface area contributed by atoms with Gasteiger partial charge in [0.15, 0.2) is 5.76 Å². The second-order valence-electron chi connectivity index (χ2n) is 7.55. The molecule has 2 heterocycles. The van der Waals surface area contributed by atoms with Crippen LogP contribution in [-0.2, 0) is 6.54 Å². The zero-order valence-corrected chi connectivity index (χ0v) is 17.1. The number of carbonyl (C=O) groups excluding carboxylic acids is 2. The van der Waals surface area contributed by atoms with E-state index < -0.39 is 11.8 Å². The number of nitrogens with zero attached hydrogens (tertiary/aromatic N) is 2. The SMILES string of the molecule is NC(=O)c1ccc(OCCN(O)C(=O)c2oc3ccccc3c2CN2CCCC2)cc1. The van der Waals surface area contributed by atoms with Crippen LogP contribution in [0.25, 0.3) is 11.0 Å². The zero-order valence-electron chi connectivity index (χ0n) is 17.1. The van der Waals surface area contributed by atoms with Crippen molar-refractivity contribution in [1.29, 1.82) is 0 Å². The van der Waals surface area contributed by atoms with Gasteiger partial charge < -0.3 is 14.9 Å². The van der Waals surface area contributed by atoms with Crippen molar-refractivity contribution in [2.45, 2.75) is 19.4 Å². The summed E-state index contributed by atoms with van der Waals surface area (Å²) in [6.45, 7) is 2.60. The number of fused-ring (bicyclic) bond motifs is 1. The first-order valence-corrected chi connectivity index (χ1v) is 10.3. The Morgan fingerprint density at radius 3 is 2.52 bits per heavy atom. The summed E-state index contributed by atoms with van der Waals surface area (Å²) in [6.07, 6.45) is 2.28. The van der Waals surface area contributed by atoms with E-state index in [1.807, 2.05) is 24.3 Å². The van der Waals surface area contributed by atoms with E-state index in [1.54, 1.807) is 24.3 Å². The second-order valence-corrected chi connectivity index (χ2v) is 7.55. The normalized spacial score (nSPS) is 14.1. The highest BCUT2D eigenvalue weighted by Gasteiger charge is 2.26. The Kier molecular flexibility index (Phi) is 6.20. The van der Waals surface area contributed by atoms with Crippen molar-refractivity contribution in [3.8, 4) is 5.75 Å². The molecule has 1 aliphatic rings. The number of furan rings is 1. The van der Waals surface area contributed by atoms with Gasteiger partial charge in [-0.15, -0.1) is 0 Å². The Hall–Kier alpha value is -3.36. The zero-order chi connectivity index (χ0) is 21.8. The summed E-state index contributed by atoms with van der Waals surface area (Å²) in [5.41, 5.74) is 7.01. The summed E-state index contributed by atoms with van der Waals surface area (Å²) in [5.74, 6) is -0.460. The summed E-state index contributed by atoms with van der Waals surface area (Å²) in [4.78, 5) is 26.3. The molecule has 0 saturated carbocycles. The fourth-order valence-electron chi connectivity index (χ4n) is 3.78. The predicted octanol–water partition coefficient (Wildman–Crippen LogP) is 3.04. The second kappa shape index (κ2) is 9.20. The average Bonchev–Trinajstić information content (AvgIpc) is 3.42. The number of hydrogen-bond donors (Lipinski definition) is 2. The third-order valence-corrected chi connectivity index (χ3v) is 5.42. The molecule has 162 valence electrons. The number of amides is 2. The van der Waals surface area contributed by atoms with Crippen molar-refractivity contribution in [3.05, 3.63) is 65.4 Å². The van der Waals surface area contributed by atoms with Crippen LogP contribution in [0.3, 0.4) is 0 Å². The Morgan fingerprint density at radius 1 is 1.10 bits per heavy atom. The first-order chi connectivity index (χ1) is 15.0. The molecular weight excluding hydrogens is 398 g/mol. The van der Waals surface area contributed by atoms with E-state index in [2.05, 4.69) is 4.90 Å². The van der Waals surface area contributed by atoms with Crippen molar-refractivity contribution in [2.24, 2.45) is 5.73 Å². The monoisotopic (exact) mass is 423 g/mol. The van der Waals surface area contributed by atoms with Crippen molar-refractivity contribution < 1.29 is 24.0 Å². The van der Waals surface area contributed by atoms with Gasteiger partial charge in [0.2, 0.25) is 5.91 Å². The highest BCUT2D eigenvalue weighted by atomic mass is 16.5. The molecule has 31 heavy (non-hydrogen) atoms. The minimum absolute atomic E-state index is 0.0450. The van der Waals surface area contributed by atoms with E-state index in [0.717, 1.165) is 36.9 Å². The minimum Gasteiger partial charge on any atom is -0.492 e. The summed E-state index contributed by atoms with van der Waals surface area (Å²) >= 11 is 0. The number of likely N-dealkylation sites (tertiary alicyclic amines) is 1. The standard InChI is InChI=1S/C23H25N3O5/c24-22(27)16-7-9-17(10-8-16)30-14-13-26(29)23(28)21-19(15-25-11-3-4-12-25)18-5-1-2-6-20(18)31-21/h1-2,5-10,29H,3-4,11-15H2,(H2,24,27). The topological polar surface area (TPSA) is 109 Å². The Labute approximate surface area is 179 Å². The third kappa shape index (κ3) is 4.70. The number of para-hydroxylation sites is 1. The van der Waals surface area contributed by atoms with Gasteiger partial charge in [-0.05, 0) is 56.3 Å². The van der Waals surface area contributed by atoms with Gasteiger partial charge in [-0.2, -0.15) is 0 Å². The Bertz CT molecular complexity index is 1070. The molecule has 8 nitrogen and oxygen atoms in total. The van der Waals surface area contributed by atoms with Gasteiger partial charge in [0.1, 0.15) is 17.9 Å². The largest absolute Gasteiger partial charge is 0.492 e. The summed E-state index contributed by atoms with van der Waals surface area (Å²) in [6, 6.07) is 13.8. The Morgan fingerprint density at radius 2 is 1.81 bits per heavy atom. The number of hydrogen-bond acceptors (Lipinski definition) is 6. The van der Waals surface area contributed by atoms with Gasteiger partial charge in [0.25, 0.3) is 0 Å². The number of benzene rings is 2. The van der Waals surface area contributed by atoms with E-state index in [0.29, 0.717) is 28.5 Å². The number of primary amides is 1. The molecule has 2 amide bonds. The average molecular weight is 423 g/mol. The molecule has 1 saturated heterocycles. The highest BCUT2D eigenvalue weighted by molar-refractivity contribution is 5.98. The molecule has 0 aliphatic carbocycles. The molecule has 0 atom stereocenters. The molecular formula is C23H25N3O5. The first-order valence-electron chi connectivity index (χ1n) is 10.3. The summed E-state index contributed by atoms with van der Waals surface area (Å²) < 4.78 is 11.4. The van der Waals surface area contributed by atoms with Crippen LogP contribution in [0.4, 0.5) is 0 Å². The van der Waals surface area contributed by atoms with Crippen LogP contribution >= 0.6 is 0 Å². The van der Waals surface area contributed by atoms with Gasteiger partial charge >= 0.3 is 5.91 Å². The van der Waals surface area contributed by atoms with Crippen LogP contribution in [0, 0.1) is 0 Å². The van der Waals surface area contributed by atoms with E-state index in [1.165, 1.54) is 0 Å². The summed E-state index contributed by atoms with van der Waals surface area (Å²) in [5, 5.41) is 11.8. The lowest BCUT2D eigenvalue weighted by atomic mass is 10.1. The lowest BCUT2D eigenvalue weighted by Crippen LogP contribution is -2.32. The molecule has 1 aromatic heterocycles. The van der Waals surface area contributed by atoms with Gasteiger partial charge in [0.05, 0.1) is 6.54 Å².